The van der Waals surface area contributed by atoms with E-state index in [9.17, 15) is 4.79 Å². The van der Waals surface area contributed by atoms with Crippen molar-refractivity contribution in [3.8, 4) is 5.75 Å². The molecule has 1 amide bonds. The lowest BCUT2D eigenvalue weighted by Crippen LogP contribution is -2.51. The summed E-state index contributed by atoms with van der Waals surface area (Å²) in [6.07, 6.45) is 0.489. The lowest BCUT2D eigenvalue weighted by Gasteiger charge is -2.31. The normalized spacial score (nSPS) is 21.8. The number of carbonyl (C=O) groups is 1. The molecule has 1 aromatic rings. The van der Waals surface area contributed by atoms with Crippen LogP contribution in [0.15, 0.2) is 18.2 Å². The molecule has 1 saturated heterocycles. The second-order valence-electron chi connectivity index (χ2n) is 7.02. The van der Waals surface area contributed by atoms with Gasteiger partial charge in [-0.25, -0.2) is 0 Å². The molecule has 136 valence electrons. The first-order chi connectivity index (χ1) is 10.9. The number of aryl methyl sites for hydroxylation is 1. The van der Waals surface area contributed by atoms with Crippen LogP contribution in [0.2, 0.25) is 0 Å². The third kappa shape index (κ3) is 5.38. The molecule has 1 heterocycles. The standard InChI is InChI=1S/C19H30N2O2.ClH/c1-12(2)17-7-6-16(10-13(17)3)23-15(5)19(22)21-18-8-9-20-11-14(18)4;/h6-7,10,12,14-15,18,20H,8-9,11H2,1-5H3,(H,21,22);1H. The molecule has 5 heteroatoms. The zero-order chi connectivity index (χ0) is 17.0. The highest BCUT2D eigenvalue weighted by Crippen LogP contribution is 2.24. The van der Waals surface area contributed by atoms with Gasteiger partial charge in [0.1, 0.15) is 5.75 Å². The van der Waals surface area contributed by atoms with Crippen LogP contribution in [0.3, 0.4) is 0 Å². The highest BCUT2D eigenvalue weighted by molar-refractivity contribution is 5.85. The quantitative estimate of drug-likeness (QED) is 0.851. The monoisotopic (exact) mass is 354 g/mol. The van der Waals surface area contributed by atoms with Gasteiger partial charge in [-0.1, -0.05) is 26.8 Å². The molecule has 3 atom stereocenters. The number of benzene rings is 1. The van der Waals surface area contributed by atoms with E-state index < -0.39 is 6.10 Å². The van der Waals surface area contributed by atoms with E-state index in [1.165, 1.54) is 11.1 Å². The molecule has 24 heavy (non-hydrogen) atoms. The van der Waals surface area contributed by atoms with Crippen molar-refractivity contribution < 1.29 is 9.53 Å². The van der Waals surface area contributed by atoms with Crippen molar-refractivity contribution >= 4 is 18.3 Å². The molecule has 2 N–H and O–H groups in total. The summed E-state index contributed by atoms with van der Waals surface area (Å²) in [7, 11) is 0. The molecule has 0 spiro atoms. The van der Waals surface area contributed by atoms with Crippen molar-refractivity contribution in [2.24, 2.45) is 5.92 Å². The van der Waals surface area contributed by atoms with Gasteiger partial charge in [0.15, 0.2) is 6.10 Å². The van der Waals surface area contributed by atoms with E-state index in [-0.39, 0.29) is 24.4 Å². The van der Waals surface area contributed by atoms with E-state index in [0.29, 0.717) is 11.8 Å². The van der Waals surface area contributed by atoms with Crippen LogP contribution in [0.5, 0.6) is 5.75 Å². The van der Waals surface area contributed by atoms with Gasteiger partial charge in [0.05, 0.1) is 0 Å². The Balaban J connectivity index is 0.00000288. The van der Waals surface area contributed by atoms with E-state index in [1.54, 1.807) is 0 Å². The third-order valence-electron chi connectivity index (χ3n) is 4.66. The first-order valence-corrected chi connectivity index (χ1v) is 8.66. The first-order valence-electron chi connectivity index (χ1n) is 8.66. The molecule has 4 nitrogen and oxygen atoms in total. The minimum absolute atomic E-state index is 0. The van der Waals surface area contributed by atoms with E-state index in [4.69, 9.17) is 4.74 Å². The minimum atomic E-state index is -0.485. The molecule has 0 bridgehead atoms. The molecule has 2 rings (SSSR count). The lowest BCUT2D eigenvalue weighted by atomic mass is 9.95. The number of amides is 1. The Morgan fingerprint density at radius 1 is 1.33 bits per heavy atom. The fraction of sp³-hybridized carbons (Fsp3) is 0.632. The smallest absolute Gasteiger partial charge is 0.261 e. The van der Waals surface area contributed by atoms with Crippen LogP contribution >= 0.6 is 12.4 Å². The minimum Gasteiger partial charge on any atom is -0.481 e. The summed E-state index contributed by atoms with van der Waals surface area (Å²) in [6.45, 7) is 12.3. The third-order valence-corrected chi connectivity index (χ3v) is 4.66. The molecule has 0 aliphatic carbocycles. The van der Waals surface area contributed by atoms with Crippen LogP contribution in [-0.2, 0) is 4.79 Å². The molecular formula is C19H31ClN2O2. The highest BCUT2D eigenvalue weighted by atomic mass is 35.5. The number of halogens is 1. The number of carbonyl (C=O) groups excluding carboxylic acids is 1. The maximum absolute atomic E-state index is 12.4. The fourth-order valence-corrected chi connectivity index (χ4v) is 3.16. The van der Waals surface area contributed by atoms with Crippen LogP contribution in [0.25, 0.3) is 0 Å². The average molecular weight is 355 g/mol. The van der Waals surface area contributed by atoms with E-state index in [1.807, 2.05) is 19.1 Å². The van der Waals surface area contributed by atoms with E-state index in [0.717, 1.165) is 25.3 Å². The Morgan fingerprint density at radius 3 is 2.62 bits per heavy atom. The van der Waals surface area contributed by atoms with Crippen molar-refractivity contribution in [3.05, 3.63) is 29.3 Å². The summed E-state index contributed by atoms with van der Waals surface area (Å²) in [5, 5.41) is 6.47. The summed E-state index contributed by atoms with van der Waals surface area (Å²) in [4.78, 5) is 12.4. The lowest BCUT2D eigenvalue weighted by molar-refractivity contribution is -0.128. The summed E-state index contributed by atoms with van der Waals surface area (Å²) < 4.78 is 5.84. The van der Waals surface area contributed by atoms with Gasteiger partial charge in [-0.15, -0.1) is 12.4 Å². The SMILES string of the molecule is Cc1cc(OC(C)C(=O)NC2CCNCC2C)ccc1C(C)C.Cl. The van der Waals surface area contributed by atoms with Crippen LogP contribution in [-0.4, -0.2) is 31.1 Å². The Labute approximate surface area is 152 Å². The Bertz CT molecular complexity index is 548. The van der Waals surface area contributed by atoms with Crippen LogP contribution in [0.1, 0.15) is 51.2 Å². The summed E-state index contributed by atoms with van der Waals surface area (Å²) in [5.41, 5.74) is 2.52. The zero-order valence-corrected chi connectivity index (χ0v) is 16.2. The molecule has 1 aliphatic rings. The molecular weight excluding hydrogens is 324 g/mol. The predicted octanol–water partition coefficient (Wildman–Crippen LogP) is 3.42. The van der Waals surface area contributed by atoms with Crippen LogP contribution in [0.4, 0.5) is 0 Å². The summed E-state index contributed by atoms with van der Waals surface area (Å²) in [6, 6.07) is 6.31. The summed E-state index contributed by atoms with van der Waals surface area (Å²) in [5.74, 6) is 1.67. The number of piperidine rings is 1. The van der Waals surface area contributed by atoms with E-state index in [2.05, 4.69) is 44.4 Å². The van der Waals surface area contributed by atoms with Crippen molar-refractivity contribution in [1.82, 2.24) is 10.6 Å². The number of rotatable bonds is 5. The van der Waals surface area contributed by atoms with Crippen molar-refractivity contribution in [2.45, 2.75) is 59.1 Å². The van der Waals surface area contributed by atoms with Gasteiger partial charge in [-0.3, -0.25) is 4.79 Å². The predicted molar refractivity (Wildman–Crippen MR) is 101 cm³/mol. The number of hydrogen-bond donors (Lipinski definition) is 2. The Hall–Kier alpha value is -1.26. The van der Waals surface area contributed by atoms with Crippen molar-refractivity contribution in [3.63, 3.8) is 0 Å². The maximum Gasteiger partial charge on any atom is 0.261 e. The second kappa shape index (κ2) is 9.28. The average Bonchev–Trinajstić information content (AvgIpc) is 2.49. The summed E-state index contributed by atoms with van der Waals surface area (Å²) >= 11 is 0. The molecule has 0 radical (unpaired) electrons. The number of ether oxygens (including phenoxy) is 1. The van der Waals surface area contributed by atoms with E-state index >= 15 is 0 Å². The van der Waals surface area contributed by atoms with Crippen molar-refractivity contribution in [1.29, 1.82) is 0 Å². The van der Waals surface area contributed by atoms with Crippen LogP contribution in [0, 0.1) is 12.8 Å². The molecule has 0 aromatic heterocycles. The Kier molecular flexibility index (Phi) is 8.04. The topological polar surface area (TPSA) is 50.4 Å². The number of hydrogen-bond acceptors (Lipinski definition) is 3. The van der Waals surface area contributed by atoms with Crippen LogP contribution < -0.4 is 15.4 Å². The van der Waals surface area contributed by atoms with Gasteiger partial charge in [0, 0.05) is 6.04 Å². The molecule has 1 aromatic carbocycles. The Morgan fingerprint density at radius 2 is 2.04 bits per heavy atom. The van der Waals surface area contributed by atoms with Crippen molar-refractivity contribution in [2.75, 3.05) is 13.1 Å². The van der Waals surface area contributed by atoms with Gasteiger partial charge in [0.25, 0.3) is 5.91 Å². The number of nitrogens with one attached hydrogen (secondary N) is 2. The van der Waals surface area contributed by atoms with Gasteiger partial charge in [-0.2, -0.15) is 0 Å². The fourth-order valence-electron chi connectivity index (χ4n) is 3.16. The largest absolute Gasteiger partial charge is 0.481 e. The van der Waals surface area contributed by atoms with Gasteiger partial charge < -0.3 is 15.4 Å². The van der Waals surface area contributed by atoms with Gasteiger partial charge in [-0.05, 0) is 68.5 Å². The van der Waals surface area contributed by atoms with Gasteiger partial charge >= 0.3 is 0 Å². The zero-order valence-electron chi connectivity index (χ0n) is 15.4. The second-order valence-corrected chi connectivity index (χ2v) is 7.02. The molecule has 1 fully saturated rings. The molecule has 1 aliphatic heterocycles. The molecule has 3 unspecified atom stereocenters. The highest BCUT2D eigenvalue weighted by Gasteiger charge is 2.25. The maximum atomic E-state index is 12.4. The first kappa shape index (κ1) is 20.8. The van der Waals surface area contributed by atoms with Gasteiger partial charge in [0.2, 0.25) is 0 Å². The molecule has 0 saturated carbocycles.